The molecule has 4 nitrogen and oxygen atoms in total. The third-order valence-electron chi connectivity index (χ3n) is 1.83. The van der Waals surface area contributed by atoms with E-state index in [1.165, 1.54) is 0 Å². The van der Waals surface area contributed by atoms with Crippen LogP contribution in [0, 0.1) is 0 Å². The SMILES string of the molecule is CCC1(N)C(=O)ON=C1C. The summed E-state index contributed by atoms with van der Waals surface area (Å²) >= 11 is 0. The summed E-state index contributed by atoms with van der Waals surface area (Å²) in [5.41, 5.74) is 5.24. The van der Waals surface area contributed by atoms with E-state index in [9.17, 15) is 4.79 Å². The summed E-state index contributed by atoms with van der Waals surface area (Å²) in [5, 5.41) is 3.48. The number of nitrogens with zero attached hydrogens (tertiary/aromatic N) is 1. The maximum Gasteiger partial charge on any atom is 0.360 e. The number of hydrogen-bond acceptors (Lipinski definition) is 4. The van der Waals surface area contributed by atoms with Gasteiger partial charge in [-0.1, -0.05) is 12.1 Å². The Morgan fingerprint density at radius 1 is 1.80 bits per heavy atom. The molecule has 1 unspecified atom stereocenters. The van der Waals surface area contributed by atoms with E-state index in [0.29, 0.717) is 12.1 Å². The normalized spacial score (nSPS) is 31.9. The molecular formula is C6H10N2O2. The van der Waals surface area contributed by atoms with Crippen LogP contribution >= 0.6 is 0 Å². The Morgan fingerprint density at radius 3 is 2.60 bits per heavy atom. The fourth-order valence-electron chi connectivity index (χ4n) is 0.821. The van der Waals surface area contributed by atoms with Crippen LogP contribution in [-0.4, -0.2) is 17.2 Å². The number of carbonyl (C=O) groups is 1. The summed E-state index contributed by atoms with van der Waals surface area (Å²) in [7, 11) is 0. The van der Waals surface area contributed by atoms with E-state index in [1.807, 2.05) is 6.92 Å². The van der Waals surface area contributed by atoms with Gasteiger partial charge in [-0.2, -0.15) is 0 Å². The Bertz CT molecular complexity index is 200. The van der Waals surface area contributed by atoms with Gasteiger partial charge in [-0.25, -0.2) is 4.79 Å². The summed E-state index contributed by atoms with van der Waals surface area (Å²) in [5.74, 6) is -0.451. The highest BCUT2D eigenvalue weighted by Gasteiger charge is 2.42. The molecular weight excluding hydrogens is 132 g/mol. The van der Waals surface area contributed by atoms with Crippen molar-refractivity contribution < 1.29 is 9.63 Å². The lowest BCUT2D eigenvalue weighted by molar-refractivity contribution is -0.144. The van der Waals surface area contributed by atoms with Gasteiger partial charge >= 0.3 is 5.97 Å². The first-order valence-corrected chi connectivity index (χ1v) is 3.16. The van der Waals surface area contributed by atoms with Crippen LogP contribution < -0.4 is 5.73 Å². The lowest BCUT2D eigenvalue weighted by Gasteiger charge is -2.15. The second-order valence-electron chi connectivity index (χ2n) is 2.38. The maximum absolute atomic E-state index is 10.9. The van der Waals surface area contributed by atoms with Crippen LogP contribution in [-0.2, 0) is 9.63 Å². The smallest absolute Gasteiger partial charge is 0.316 e. The molecule has 1 rings (SSSR count). The van der Waals surface area contributed by atoms with Crippen LogP contribution in [0.2, 0.25) is 0 Å². The fourth-order valence-corrected chi connectivity index (χ4v) is 0.821. The van der Waals surface area contributed by atoms with Gasteiger partial charge in [0, 0.05) is 0 Å². The Labute approximate surface area is 59.0 Å². The molecule has 0 radical (unpaired) electrons. The molecule has 1 atom stereocenters. The van der Waals surface area contributed by atoms with Crippen molar-refractivity contribution >= 4 is 11.7 Å². The quantitative estimate of drug-likeness (QED) is 0.525. The van der Waals surface area contributed by atoms with Crippen LogP contribution in [0.25, 0.3) is 0 Å². The number of oxime groups is 1. The molecule has 4 heteroatoms. The van der Waals surface area contributed by atoms with E-state index >= 15 is 0 Å². The summed E-state index contributed by atoms with van der Waals surface area (Å²) in [6.07, 6.45) is 0.529. The van der Waals surface area contributed by atoms with Crippen LogP contribution in [0.4, 0.5) is 0 Å². The van der Waals surface area contributed by atoms with Crippen molar-refractivity contribution in [2.75, 3.05) is 0 Å². The van der Waals surface area contributed by atoms with Crippen LogP contribution in [0.15, 0.2) is 5.16 Å². The van der Waals surface area contributed by atoms with Gasteiger partial charge in [0.1, 0.15) is 0 Å². The minimum atomic E-state index is -0.958. The molecule has 0 saturated carbocycles. The summed E-state index contributed by atoms with van der Waals surface area (Å²) in [6.45, 7) is 3.51. The van der Waals surface area contributed by atoms with Crippen molar-refractivity contribution in [3.8, 4) is 0 Å². The third kappa shape index (κ3) is 0.724. The van der Waals surface area contributed by atoms with Crippen molar-refractivity contribution in [3.63, 3.8) is 0 Å². The van der Waals surface area contributed by atoms with E-state index in [-0.39, 0.29) is 0 Å². The first kappa shape index (κ1) is 7.21. The minimum Gasteiger partial charge on any atom is -0.316 e. The zero-order valence-electron chi connectivity index (χ0n) is 6.05. The number of carbonyl (C=O) groups excluding carboxylic acids is 1. The van der Waals surface area contributed by atoms with E-state index in [1.54, 1.807) is 6.92 Å². The minimum absolute atomic E-state index is 0.451. The first-order valence-electron chi connectivity index (χ1n) is 3.16. The van der Waals surface area contributed by atoms with Gasteiger partial charge in [-0.05, 0) is 13.3 Å². The molecule has 1 aliphatic rings. The van der Waals surface area contributed by atoms with Gasteiger partial charge in [0.15, 0.2) is 5.54 Å². The zero-order chi connectivity index (χ0) is 7.78. The Kier molecular flexibility index (Phi) is 1.48. The Morgan fingerprint density at radius 2 is 2.40 bits per heavy atom. The lowest BCUT2D eigenvalue weighted by Crippen LogP contribution is -2.50. The summed E-state index contributed by atoms with van der Waals surface area (Å²) in [4.78, 5) is 15.3. The van der Waals surface area contributed by atoms with Crippen LogP contribution in [0.3, 0.4) is 0 Å². The molecule has 1 heterocycles. The lowest BCUT2D eigenvalue weighted by atomic mass is 9.93. The highest BCUT2D eigenvalue weighted by Crippen LogP contribution is 2.17. The standard InChI is InChI=1S/C6H10N2O2/c1-3-6(7)4(2)8-10-5(6)9/h3,7H2,1-2H3. The highest BCUT2D eigenvalue weighted by molar-refractivity contribution is 6.12. The van der Waals surface area contributed by atoms with Crippen molar-refractivity contribution in [1.29, 1.82) is 0 Å². The molecule has 10 heavy (non-hydrogen) atoms. The molecule has 0 bridgehead atoms. The molecule has 56 valence electrons. The molecule has 0 aromatic rings. The molecule has 0 amide bonds. The predicted octanol–water partition coefficient (Wildman–Crippen LogP) is 0.0266. The molecule has 0 saturated heterocycles. The Hall–Kier alpha value is -0.900. The van der Waals surface area contributed by atoms with Gasteiger partial charge in [0.2, 0.25) is 0 Å². The van der Waals surface area contributed by atoms with Crippen LogP contribution in [0.1, 0.15) is 20.3 Å². The van der Waals surface area contributed by atoms with Gasteiger partial charge in [0.05, 0.1) is 5.71 Å². The molecule has 0 aromatic heterocycles. The monoisotopic (exact) mass is 142 g/mol. The van der Waals surface area contributed by atoms with Crippen molar-refractivity contribution in [2.45, 2.75) is 25.8 Å². The van der Waals surface area contributed by atoms with E-state index in [2.05, 4.69) is 9.99 Å². The molecule has 0 aromatic carbocycles. The molecule has 0 aliphatic carbocycles. The Balaban J connectivity index is 2.92. The first-order chi connectivity index (χ1) is 4.61. The fraction of sp³-hybridized carbons (Fsp3) is 0.667. The number of hydrogen-bond donors (Lipinski definition) is 1. The average molecular weight is 142 g/mol. The highest BCUT2D eigenvalue weighted by atomic mass is 16.7. The van der Waals surface area contributed by atoms with Crippen LogP contribution in [0.5, 0.6) is 0 Å². The molecule has 2 N–H and O–H groups in total. The van der Waals surface area contributed by atoms with Gasteiger partial charge in [-0.15, -0.1) is 0 Å². The van der Waals surface area contributed by atoms with E-state index in [0.717, 1.165) is 0 Å². The third-order valence-corrected chi connectivity index (χ3v) is 1.83. The zero-order valence-corrected chi connectivity index (χ0v) is 6.05. The van der Waals surface area contributed by atoms with Gasteiger partial charge < -0.3 is 10.6 Å². The summed E-state index contributed by atoms with van der Waals surface area (Å²) < 4.78 is 0. The molecule has 0 spiro atoms. The maximum atomic E-state index is 10.9. The van der Waals surface area contributed by atoms with E-state index < -0.39 is 11.5 Å². The van der Waals surface area contributed by atoms with E-state index in [4.69, 9.17) is 5.73 Å². The van der Waals surface area contributed by atoms with Crippen molar-refractivity contribution in [2.24, 2.45) is 10.9 Å². The summed E-state index contributed by atoms with van der Waals surface area (Å²) in [6, 6.07) is 0. The predicted molar refractivity (Wildman–Crippen MR) is 36.4 cm³/mol. The van der Waals surface area contributed by atoms with Gasteiger partial charge in [-0.3, -0.25) is 0 Å². The van der Waals surface area contributed by atoms with Gasteiger partial charge in [0.25, 0.3) is 0 Å². The van der Waals surface area contributed by atoms with Crippen molar-refractivity contribution in [1.82, 2.24) is 0 Å². The second kappa shape index (κ2) is 2.05. The van der Waals surface area contributed by atoms with Crippen molar-refractivity contribution in [3.05, 3.63) is 0 Å². The second-order valence-corrected chi connectivity index (χ2v) is 2.38. The molecule has 0 fully saturated rings. The number of nitrogens with two attached hydrogens (primary N) is 1. The largest absolute Gasteiger partial charge is 0.360 e. The molecule has 1 aliphatic heterocycles. The average Bonchev–Trinajstić information content (AvgIpc) is 2.18. The number of rotatable bonds is 1. The topological polar surface area (TPSA) is 64.7 Å².